The smallest absolute Gasteiger partial charge is 0.323 e. The highest BCUT2D eigenvalue weighted by Crippen LogP contribution is 2.34. The highest BCUT2D eigenvalue weighted by molar-refractivity contribution is 6.32. The molecular weight excluding hydrogens is 592 g/mol. The predicted octanol–water partition coefficient (Wildman–Crippen LogP) is 3.22. The van der Waals surface area contributed by atoms with E-state index in [0.717, 1.165) is 0 Å². The van der Waals surface area contributed by atoms with E-state index in [4.69, 9.17) is 30.5 Å². The first-order valence-electron chi connectivity index (χ1n) is 13.5. The van der Waals surface area contributed by atoms with E-state index in [2.05, 4.69) is 10.3 Å². The van der Waals surface area contributed by atoms with E-state index < -0.39 is 18.6 Å². The Kier molecular flexibility index (Phi) is 9.61. The number of aromatic nitrogens is 2. The van der Waals surface area contributed by atoms with Gasteiger partial charge in [0.05, 0.1) is 28.4 Å². The Morgan fingerprint density at radius 1 is 1.07 bits per heavy atom. The van der Waals surface area contributed by atoms with Gasteiger partial charge in [0, 0.05) is 48.4 Å². The van der Waals surface area contributed by atoms with Gasteiger partial charge < -0.3 is 29.2 Å². The molecule has 13 heteroatoms. The van der Waals surface area contributed by atoms with E-state index in [1.165, 1.54) is 16.8 Å². The Bertz CT molecular complexity index is 1770. The zero-order valence-electron chi connectivity index (χ0n) is 23.2. The van der Waals surface area contributed by atoms with Gasteiger partial charge in [0.15, 0.2) is 11.5 Å². The SMILES string of the molecule is N#Cc1cncc(COc2cc(OCc3cccn(-c4ccc5c(c4)OCCO5)c3=O)c(Cl)cc2CN[C@H](CO)C(=O)O)c1. The molecule has 3 heterocycles. The lowest BCUT2D eigenvalue weighted by Gasteiger charge is -2.19. The van der Waals surface area contributed by atoms with Gasteiger partial charge in [-0.25, -0.2) is 0 Å². The minimum Gasteiger partial charge on any atom is -0.488 e. The number of fused-ring (bicyclic) bond motifs is 1. The van der Waals surface area contributed by atoms with E-state index in [9.17, 15) is 25.1 Å². The summed E-state index contributed by atoms with van der Waals surface area (Å²) in [5.41, 5.74) is 2.15. The molecule has 0 bridgehead atoms. The Hall–Kier alpha value is -5.09. The first kappa shape index (κ1) is 30.4. The summed E-state index contributed by atoms with van der Waals surface area (Å²) in [6, 6.07) is 14.2. The van der Waals surface area contributed by atoms with Crippen molar-refractivity contribution in [1.82, 2.24) is 14.9 Å². The number of aliphatic hydroxyl groups is 1. The molecule has 0 saturated heterocycles. The van der Waals surface area contributed by atoms with Crippen LogP contribution in [0.5, 0.6) is 23.0 Å². The first-order valence-corrected chi connectivity index (χ1v) is 13.8. The molecule has 0 radical (unpaired) electrons. The second-order valence-corrected chi connectivity index (χ2v) is 10.1. The van der Waals surface area contributed by atoms with Crippen molar-refractivity contribution in [2.24, 2.45) is 0 Å². The summed E-state index contributed by atoms with van der Waals surface area (Å²) in [5.74, 6) is 0.483. The van der Waals surface area contributed by atoms with E-state index in [1.54, 1.807) is 54.9 Å². The van der Waals surface area contributed by atoms with Crippen LogP contribution in [0.2, 0.25) is 5.02 Å². The Morgan fingerprint density at radius 3 is 2.64 bits per heavy atom. The number of carboxylic acid groups (broad SMARTS) is 1. The van der Waals surface area contributed by atoms with Gasteiger partial charge in [0.25, 0.3) is 5.56 Å². The molecule has 1 aliphatic heterocycles. The van der Waals surface area contributed by atoms with E-state index in [0.29, 0.717) is 58.4 Å². The number of pyridine rings is 2. The van der Waals surface area contributed by atoms with E-state index in [-0.39, 0.29) is 36.1 Å². The number of nitrogens with one attached hydrogen (secondary N) is 1. The molecule has 3 N–H and O–H groups in total. The molecule has 0 spiro atoms. The number of halogens is 1. The number of rotatable bonds is 12. The molecule has 1 aliphatic rings. The lowest BCUT2D eigenvalue weighted by molar-refractivity contribution is -0.140. The predicted molar refractivity (Wildman–Crippen MR) is 157 cm³/mol. The summed E-state index contributed by atoms with van der Waals surface area (Å²) < 4.78 is 24.7. The van der Waals surface area contributed by atoms with Crippen LogP contribution in [-0.2, 0) is 24.6 Å². The van der Waals surface area contributed by atoms with Crippen molar-refractivity contribution >= 4 is 17.6 Å². The molecular formula is C31H27ClN4O8. The molecule has 2 aromatic carbocycles. The van der Waals surface area contributed by atoms with Crippen molar-refractivity contribution in [2.75, 3.05) is 19.8 Å². The highest BCUT2D eigenvalue weighted by Gasteiger charge is 2.19. The Labute approximate surface area is 256 Å². The average Bonchev–Trinajstić information content (AvgIpc) is 3.04. The Balaban J connectivity index is 1.38. The number of benzene rings is 2. The molecule has 1 atom stereocenters. The summed E-state index contributed by atoms with van der Waals surface area (Å²) in [6.45, 7) is 0.198. The van der Waals surface area contributed by atoms with Gasteiger partial charge in [-0.2, -0.15) is 5.26 Å². The molecule has 0 aliphatic carbocycles. The van der Waals surface area contributed by atoms with Crippen molar-refractivity contribution in [3.63, 3.8) is 0 Å². The number of carbonyl (C=O) groups is 1. The van der Waals surface area contributed by atoms with Gasteiger partial charge in [-0.15, -0.1) is 0 Å². The van der Waals surface area contributed by atoms with Gasteiger partial charge in [-0.1, -0.05) is 11.6 Å². The van der Waals surface area contributed by atoms with Gasteiger partial charge in [-0.05, 0) is 36.4 Å². The lowest BCUT2D eigenvalue weighted by Crippen LogP contribution is -2.39. The monoisotopic (exact) mass is 618 g/mol. The minimum absolute atomic E-state index is 0.00225. The molecule has 0 fully saturated rings. The van der Waals surface area contributed by atoms with E-state index in [1.807, 2.05) is 6.07 Å². The molecule has 0 amide bonds. The highest BCUT2D eigenvalue weighted by atomic mass is 35.5. The summed E-state index contributed by atoms with van der Waals surface area (Å²) in [7, 11) is 0. The fraction of sp³-hybridized carbons (Fsp3) is 0.226. The number of aliphatic carboxylic acids is 1. The quantitative estimate of drug-likeness (QED) is 0.213. The van der Waals surface area contributed by atoms with Crippen LogP contribution in [0.4, 0.5) is 0 Å². The zero-order valence-corrected chi connectivity index (χ0v) is 24.0. The summed E-state index contributed by atoms with van der Waals surface area (Å²) in [4.78, 5) is 28.8. The number of hydrogen-bond acceptors (Lipinski definition) is 10. The number of aliphatic hydroxyl groups excluding tert-OH is 1. The third-order valence-corrected chi connectivity index (χ3v) is 6.96. The minimum atomic E-state index is -1.22. The summed E-state index contributed by atoms with van der Waals surface area (Å²) >= 11 is 6.54. The number of nitriles is 1. The maximum Gasteiger partial charge on any atom is 0.323 e. The van der Waals surface area contributed by atoms with Crippen molar-refractivity contribution in [1.29, 1.82) is 5.26 Å². The summed E-state index contributed by atoms with van der Waals surface area (Å²) in [5, 5.41) is 30.8. The number of ether oxygens (including phenoxy) is 4. The van der Waals surface area contributed by atoms with Crippen molar-refractivity contribution in [3.05, 3.63) is 105 Å². The van der Waals surface area contributed by atoms with Crippen molar-refractivity contribution < 1.29 is 34.0 Å². The average molecular weight is 619 g/mol. The molecule has 12 nitrogen and oxygen atoms in total. The third-order valence-electron chi connectivity index (χ3n) is 6.67. The molecule has 5 rings (SSSR count). The fourth-order valence-corrected chi connectivity index (χ4v) is 4.64. The third kappa shape index (κ3) is 7.09. The van der Waals surface area contributed by atoms with Crippen LogP contribution in [-0.4, -0.2) is 51.6 Å². The normalized spacial score (nSPS) is 12.7. The first-order chi connectivity index (χ1) is 21.4. The topological polar surface area (TPSA) is 165 Å². The van der Waals surface area contributed by atoms with Gasteiger partial charge in [-0.3, -0.25) is 24.5 Å². The van der Waals surface area contributed by atoms with Crippen LogP contribution in [0.15, 0.2) is 71.9 Å². The summed E-state index contributed by atoms with van der Waals surface area (Å²) in [6.07, 6.45) is 4.63. The Morgan fingerprint density at radius 2 is 1.86 bits per heavy atom. The maximum absolute atomic E-state index is 13.4. The zero-order chi connectivity index (χ0) is 31.1. The van der Waals surface area contributed by atoms with Crippen LogP contribution >= 0.6 is 11.6 Å². The molecule has 0 saturated carbocycles. The molecule has 4 aromatic rings. The van der Waals surface area contributed by atoms with Crippen molar-refractivity contribution in [2.45, 2.75) is 25.8 Å². The molecule has 226 valence electrons. The van der Waals surface area contributed by atoms with Gasteiger partial charge in [0.2, 0.25) is 0 Å². The second kappa shape index (κ2) is 13.9. The van der Waals surface area contributed by atoms with Gasteiger partial charge in [0.1, 0.15) is 50.0 Å². The van der Waals surface area contributed by atoms with E-state index >= 15 is 0 Å². The fourth-order valence-electron chi connectivity index (χ4n) is 4.40. The van der Waals surface area contributed by atoms with Gasteiger partial charge >= 0.3 is 5.97 Å². The van der Waals surface area contributed by atoms with Crippen LogP contribution in [0.1, 0.15) is 22.3 Å². The second-order valence-electron chi connectivity index (χ2n) is 9.65. The standard InChI is InChI=1S/C31H27ClN4O8/c32-24-9-22(15-35-25(16-37)31(39)40)27(43-17-20-8-19(12-33)13-34-14-20)11-28(24)44-18-21-2-1-5-36(30(21)38)23-3-4-26-29(10-23)42-7-6-41-26/h1-5,8-11,13-14,25,35,37H,6-7,15-18H2,(H,39,40)/t25-/m1/s1. The lowest BCUT2D eigenvalue weighted by atomic mass is 10.1. The number of hydrogen-bond donors (Lipinski definition) is 3. The molecule has 2 aromatic heterocycles. The van der Waals surface area contributed by atoms with Crippen LogP contribution in [0.25, 0.3) is 5.69 Å². The van der Waals surface area contributed by atoms with Crippen LogP contribution in [0.3, 0.4) is 0 Å². The largest absolute Gasteiger partial charge is 0.488 e. The van der Waals surface area contributed by atoms with Crippen LogP contribution in [0, 0.1) is 11.3 Å². The molecule has 44 heavy (non-hydrogen) atoms. The van der Waals surface area contributed by atoms with Crippen molar-refractivity contribution in [3.8, 4) is 34.8 Å². The molecule has 0 unspecified atom stereocenters. The van der Waals surface area contributed by atoms with Crippen LogP contribution < -0.4 is 29.8 Å². The maximum atomic E-state index is 13.4. The number of carboxylic acids is 1. The number of nitrogens with zero attached hydrogens (tertiary/aromatic N) is 3.